The van der Waals surface area contributed by atoms with E-state index in [1.165, 1.54) is 411 Å². The summed E-state index contributed by atoms with van der Waals surface area (Å²) in [6.07, 6.45) is 84.0. The minimum absolute atomic E-state index is 1.16. The van der Waals surface area contributed by atoms with Crippen molar-refractivity contribution in [3.8, 4) is 0 Å². The van der Waals surface area contributed by atoms with Crippen molar-refractivity contribution in [2.75, 3.05) is 105 Å². The number of hydrogen-bond acceptors (Lipinski definition) is 8. The molecule has 0 amide bonds. The quantitative estimate of drug-likeness (QED) is 0.0439. The third kappa shape index (κ3) is 46.5. The van der Waals surface area contributed by atoms with E-state index in [0.717, 1.165) is 105 Å². The molecule has 108 heavy (non-hydrogen) atoms. The second-order valence-electron chi connectivity index (χ2n) is 34.3. The van der Waals surface area contributed by atoms with Gasteiger partial charge in [-0.2, -0.15) is 0 Å². The average molecular weight is 1610 g/mol. The first-order valence-electron chi connectivity index (χ1n) is 50.3. The monoisotopic (exact) mass is 1610 g/mol. The fourth-order valence-electron chi connectivity index (χ4n) is 17.3. The second kappa shape index (κ2) is 79.2. The van der Waals surface area contributed by atoms with Crippen molar-refractivity contribution in [3.63, 3.8) is 0 Å². The van der Waals surface area contributed by atoms with Crippen LogP contribution in [0.1, 0.15) is 522 Å². The summed E-state index contributed by atoms with van der Waals surface area (Å²) in [5.74, 6) is 0. The fourth-order valence-corrected chi connectivity index (χ4v) is 33.0. The van der Waals surface area contributed by atoms with Crippen LogP contribution >= 0.6 is 35.6 Å². The van der Waals surface area contributed by atoms with Crippen molar-refractivity contribution in [1.29, 1.82) is 0 Å². The summed E-state index contributed by atoms with van der Waals surface area (Å²) in [6, 6.07) is 0. The third-order valence-electron chi connectivity index (χ3n) is 24.2. The molecule has 0 N–H and O–H groups in total. The molecule has 0 fully saturated rings. The van der Waals surface area contributed by atoms with Gasteiger partial charge in [0.05, 0.1) is 0 Å². The number of halogens is 2. The van der Waals surface area contributed by atoms with Crippen molar-refractivity contribution in [2.24, 2.45) is 0 Å². The van der Waals surface area contributed by atoms with Crippen molar-refractivity contribution in [3.05, 3.63) is 0 Å². The van der Waals surface area contributed by atoms with E-state index in [9.17, 15) is 22.5 Å². The molecular formula is C96H208Cl2N8P2. The molecule has 0 saturated carbocycles. The Labute approximate surface area is 694 Å². The number of rotatable bonds is 88. The third-order valence-corrected chi connectivity index (χ3v) is 40.3. The molecule has 12 heteroatoms. The summed E-state index contributed by atoms with van der Waals surface area (Å²) in [7, 11) is 0. The minimum atomic E-state index is -3.54. The summed E-state index contributed by atoms with van der Waals surface area (Å²) in [5.41, 5.74) is 0. The van der Waals surface area contributed by atoms with Gasteiger partial charge in [0, 0.05) is 0 Å². The van der Waals surface area contributed by atoms with E-state index in [-0.39, 0.29) is 0 Å². The van der Waals surface area contributed by atoms with Gasteiger partial charge in [-0.05, 0) is 0 Å². The Balaban J connectivity index is 0. The second-order valence-corrected chi connectivity index (χ2v) is 45.8. The summed E-state index contributed by atoms with van der Waals surface area (Å²) >= 11 is 19.2. The number of hydrogen-bond donors (Lipinski definition) is 0. The molecule has 0 atom stereocenters. The Morgan fingerprint density at radius 3 is 0.231 bits per heavy atom. The van der Waals surface area contributed by atoms with Crippen LogP contribution in [0.3, 0.4) is 0 Å². The topological polar surface area (TPSA) is 25.9 Å². The zero-order chi connectivity index (χ0) is 80.1. The molecule has 0 aliphatic rings. The molecule has 0 spiro atoms. The van der Waals surface area contributed by atoms with E-state index >= 15 is 0 Å². The first-order chi connectivity index (χ1) is 52.8. The molecule has 0 saturated heterocycles. The maximum absolute atomic E-state index is 9.60. The van der Waals surface area contributed by atoms with Gasteiger partial charge in [0.1, 0.15) is 0 Å². The van der Waals surface area contributed by atoms with Gasteiger partial charge < -0.3 is 0 Å². The Kier molecular flexibility index (Phi) is 81.6. The molecule has 8 nitrogen and oxygen atoms in total. The van der Waals surface area contributed by atoms with E-state index in [1.54, 1.807) is 0 Å². The SMILES string of the molecule is CCCCCCN(CCCCCC)P(Cl)(N(CCCCCC)CCCCCC)(N(CCCCCC)CCCCCC)N(CCCCCC)CCCCCC.CCCCCCN(CCCCCC)P(Cl)(N(CCCCCC)CCCCCC)(N(CCCCCC)CCCCCC)N(CCCCCC)CCCCCC. The molecule has 0 aromatic rings. The molecule has 0 unspecified atom stereocenters. The standard InChI is InChI=1S/2C48H104ClN4P/c2*1-9-17-25-33-41-50(42-34-26-18-10-2)54(49,51(43-35-27-19-11-3)44-36-28-20-12-4,52(45-37-29-21-13-5)46-38-30-22-14-6)53(47-39-31-23-15-7)48-40-32-24-16-8/h2*9-48H2,1-8H3. The van der Waals surface area contributed by atoms with E-state index < -0.39 is 13.1 Å². The first kappa shape index (κ1) is 111. The normalized spacial score (nSPS) is 13.2. The van der Waals surface area contributed by atoms with Crippen LogP contribution in [0.5, 0.6) is 0 Å². The summed E-state index contributed by atoms with van der Waals surface area (Å²) in [4.78, 5) is 0. The number of nitrogens with zero attached hydrogens (tertiary/aromatic N) is 8. The summed E-state index contributed by atoms with van der Waals surface area (Å²) < 4.78 is 24.8. The van der Waals surface area contributed by atoms with Crippen LogP contribution in [0.15, 0.2) is 0 Å². The fraction of sp³-hybridized carbons (Fsp3) is 1.00. The van der Waals surface area contributed by atoms with Gasteiger partial charge in [-0.1, -0.05) is 0 Å². The van der Waals surface area contributed by atoms with E-state index in [0.29, 0.717) is 0 Å². The summed E-state index contributed by atoms with van der Waals surface area (Å²) in [5, 5.41) is 0. The predicted octanol–water partition coefficient (Wildman–Crippen LogP) is 34.4. The van der Waals surface area contributed by atoms with E-state index in [4.69, 9.17) is 0 Å². The molecule has 0 heterocycles. The Hall–Kier alpha value is 1.12. The molecule has 0 aliphatic heterocycles. The van der Waals surface area contributed by atoms with Crippen molar-refractivity contribution < 1.29 is 0 Å². The molecular weight excluding hydrogens is 1400 g/mol. The van der Waals surface area contributed by atoms with Gasteiger partial charge in [-0.3, -0.25) is 0 Å². The van der Waals surface area contributed by atoms with Crippen molar-refractivity contribution in [2.45, 2.75) is 522 Å². The van der Waals surface area contributed by atoms with Gasteiger partial charge in [-0.25, -0.2) is 0 Å². The van der Waals surface area contributed by atoms with Crippen LogP contribution in [0.2, 0.25) is 0 Å². The van der Waals surface area contributed by atoms with Gasteiger partial charge >= 0.3 is 699 Å². The zero-order valence-electron chi connectivity index (χ0n) is 77.8. The van der Waals surface area contributed by atoms with Crippen LogP contribution in [0.4, 0.5) is 0 Å². The van der Waals surface area contributed by atoms with Gasteiger partial charge in [0.2, 0.25) is 0 Å². The van der Waals surface area contributed by atoms with Gasteiger partial charge in [-0.15, -0.1) is 0 Å². The van der Waals surface area contributed by atoms with Crippen LogP contribution in [-0.2, 0) is 0 Å². The van der Waals surface area contributed by atoms with Crippen LogP contribution in [0.25, 0.3) is 0 Å². The predicted molar refractivity (Wildman–Crippen MR) is 504 cm³/mol. The van der Waals surface area contributed by atoms with E-state index in [2.05, 4.69) is 148 Å². The van der Waals surface area contributed by atoms with E-state index in [1.807, 2.05) is 0 Å². The first-order valence-corrected chi connectivity index (χ1v) is 56.2. The van der Waals surface area contributed by atoms with Crippen LogP contribution in [0, 0.1) is 0 Å². The maximum atomic E-state index is 9.60. The zero-order valence-corrected chi connectivity index (χ0v) is 81.1. The van der Waals surface area contributed by atoms with Crippen molar-refractivity contribution in [1.82, 2.24) is 37.4 Å². The van der Waals surface area contributed by atoms with Crippen LogP contribution < -0.4 is 0 Å². The average Bonchev–Trinajstić information content (AvgIpc) is 0.706. The Bertz CT molecular complexity index is 1320. The van der Waals surface area contributed by atoms with Crippen LogP contribution in [-0.4, -0.2) is 142 Å². The molecule has 0 rings (SSSR count). The molecule has 0 aromatic carbocycles. The molecule has 0 bridgehead atoms. The Morgan fingerprint density at radius 2 is 0.176 bits per heavy atom. The molecule has 0 aromatic heterocycles. The molecule has 0 radical (unpaired) electrons. The van der Waals surface area contributed by atoms with Gasteiger partial charge in [0.15, 0.2) is 0 Å². The van der Waals surface area contributed by atoms with Gasteiger partial charge in [0.25, 0.3) is 0 Å². The van der Waals surface area contributed by atoms with Crippen molar-refractivity contribution >= 4 is 35.6 Å². The molecule has 656 valence electrons. The molecule has 0 aliphatic carbocycles. The Morgan fingerprint density at radius 1 is 0.111 bits per heavy atom. The number of unbranched alkanes of at least 4 members (excludes halogenated alkanes) is 48. The summed E-state index contributed by atoms with van der Waals surface area (Å²) in [6.45, 7) is 49.5.